The van der Waals surface area contributed by atoms with E-state index in [1.165, 1.54) is 0 Å². The van der Waals surface area contributed by atoms with Crippen molar-refractivity contribution < 1.29 is 27.8 Å². The first-order valence-electron chi connectivity index (χ1n) is 11.8. The van der Waals surface area contributed by atoms with Gasteiger partial charge in [-0.25, -0.2) is 0 Å². The normalized spacial score (nSPS) is 29.8. The highest BCUT2D eigenvalue weighted by molar-refractivity contribution is 6.03. The van der Waals surface area contributed by atoms with Gasteiger partial charge in [-0.2, -0.15) is 13.2 Å². The van der Waals surface area contributed by atoms with Crippen molar-refractivity contribution in [2.24, 2.45) is 23.7 Å². The largest absolute Gasteiger partial charge is 0.494 e. The maximum Gasteiger partial charge on any atom is 0.401 e. The van der Waals surface area contributed by atoms with Crippen LogP contribution in [0.25, 0.3) is 10.9 Å². The minimum atomic E-state index is -4.12. The van der Waals surface area contributed by atoms with Crippen LogP contribution in [-0.2, 0) is 4.79 Å². The second kappa shape index (κ2) is 8.83. The molecule has 2 heterocycles. The molecular formula is C24H30F3N3O3. The smallest absolute Gasteiger partial charge is 0.401 e. The van der Waals surface area contributed by atoms with E-state index in [1.807, 2.05) is 18.2 Å². The molecule has 1 aliphatic heterocycles. The fourth-order valence-electron chi connectivity index (χ4n) is 5.81. The molecule has 2 aliphatic carbocycles. The van der Waals surface area contributed by atoms with Crippen molar-refractivity contribution in [1.82, 2.24) is 9.88 Å². The lowest BCUT2D eigenvalue weighted by Gasteiger charge is -2.29. The fraction of sp³-hybridized carbons (Fsp3) is 0.625. The molecule has 0 unspecified atom stereocenters. The number of aliphatic hydroxyl groups excluding tert-OH is 1. The zero-order valence-electron chi connectivity index (χ0n) is 18.4. The van der Waals surface area contributed by atoms with Gasteiger partial charge < -0.3 is 20.1 Å². The number of likely N-dealkylation sites (tertiary alicyclic amines) is 1. The highest BCUT2D eigenvalue weighted by Crippen LogP contribution is 2.43. The van der Waals surface area contributed by atoms with Gasteiger partial charge in [-0.3, -0.25) is 9.69 Å². The summed E-state index contributed by atoms with van der Waals surface area (Å²) in [6.45, 7) is 0.883. The minimum Gasteiger partial charge on any atom is -0.494 e. The second-order valence-corrected chi connectivity index (χ2v) is 10.0. The number of ether oxygens (including phenoxy) is 1. The third-order valence-corrected chi connectivity index (χ3v) is 7.52. The number of alkyl halides is 3. The summed E-state index contributed by atoms with van der Waals surface area (Å²) in [6.07, 6.45) is 1.14. The van der Waals surface area contributed by atoms with Gasteiger partial charge in [0.25, 0.3) is 0 Å². The summed E-state index contributed by atoms with van der Waals surface area (Å²) in [4.78, 5) is 17.0. The third kappa shape index (κ3) is 5.14. The van der Waals surface area contributed by atoms with Crippen molar-refractivity contribution in [2.45, 2.75) is 44.4 Å². The van der Waals surface area contributed by atoms with E-state index in [1.54, 1.807) is 11.1 Å². The Labute approximate surface area is 190 Å². The highest BCUT2D eigenvalue weighted by atomic mass is 19.4. The number of benzene rings is 1. The number of fused-ring (bicyclic) bond motifs is 2. The molecule has 3 fully saturated rings. The molecule has 3 aliphatic rings. The topological polar surface area (TPSA) is 77.6 Å². The molecule has 2 aromatic rings. The summed E-state index contributed by atoms with van der Waals surface area (Å²) in [6, 6.07) is 5.73. The Morgan fingerprint density at radius 2 is 1.91 bits per heavy atom. The number of anilines is 1. The van der Waals surface area contributed by atoms with Crippen molar-refractivity contribution in [3.8, 4) is 5.75 Å². The van der Waals surface area contributed by atoms with E-state index in [0.29, 0.717) is 56.0 Å². The van der Waals surface area contributed by atoms with Crippen LogP contribution in [-0.4, -0.2) is 59.4 Å². The van der Waals surface area contributed by atoms with Gasteiger partial charge in [0.1, 0.15) is 5.75 Å². The van der Waals surface area contributed by atoms with E-state index in [9.17, 15) is 23.1 Å². The first-order valence-corrected chi connectivity index (χ1v) is 11.8. The maximum atomic E-state index is 12.6. The summed E-state index contributed by atoms with van der Waals surface area (Å²) in [5.41, 5.74) is 1.60. The van der Waals surface area contributed by atoms with Crippen molar-refractivity contribution in [2.75, 3.05) is 31.6 Å². The molecule has 1 aromatic heterocycles. The van der Waals surface area contributed by atoms with E-state index in [0.717, 1.165) is 35.9 Å². The standard InChI is InChI=1S/C24H30F3N3O3/c25-24(26,27)13-30-11-16-5-14(6-17(16)12-30)3-4-33-19-1-2-21-20(9-19)22(10-28-21)29-23(32)15-7-18(31)8-15/h1-2,9-10,14-18,28,31H,3-8,11-13H2,(H,29,32)/t14-,15-,16-,17+,18+. The molecule has 1 aromatic carbocycles. The van der Waals surface area contributed by atoms with Crippen LogP contribution in [0.15, 0.2) is 24.4 Å². The Hall–Kier alpha value is -2.26. The van der Waals surface area contributed by atoms with Crippen molar-refractivity contribution in [1.29, 1.82) is 0 Å². The van der Waals surface area contributed by atoms with Gasteiger partial charge >= 0.3 is 6.18 Å². The SMILES string of the molecule is O=C(Nc1c[nH]c2ccc(OCC[C@@H]3C[C@@H]4CN(CC(F)(F)F)C[C@@H]4C3)cc12)[C@H]1C[C@@H](O)C1. The first-order chi connectivity index (χ1) is 15.7. The van der Waals surface area contributed by atoms with Gasteiger partial charge in [0.05, 0.1) is 24.9 Å². The fourth-order valence-corrected chi connectivity index (χ4v) is 5.81. The Kier molecular flexibility index (Phi) is 6.03. The van der Waals surface area contributed by atoms with Gasteiger partial charge in [-0.05, 0) is 68.1 Å². The molecule has 1 saturated heterocycles. The molecule has 180 valence electrons. The molecule has 5 rings (SSSR count). The molecule has 9 heteroatoms. The van der Waals surface area contributed by atoms with Crippen LogP contribution in [0.3, 0.4) is 0 Å². The average Bonchev–Trinajstić information content (AvgIpc) is 3.37. The summed E-state index contributed by atoms with van der Waals surface area (Å²) < 4.78 is 43.9. The molecule has 0 spiro atoms. The lowest BCUT2D eigenvalue weighted by atomic mass is 9.82. The van der Waals surface area contributed by atoms with Crippen LogP contribution < -0.4 is 10.1 Å². The number of nitrogens with one attached hydrogen (secondary N) is 2. The van der Waals surface area contributed by atoms with Crippen molar-refractivity contribution in [3.05, 3.63) is 24.4 Å². The van der Waals surface area contributed by atoms with E-state index < -0.39 is 12.7 Å². The molecule has 6 nitrogen and oxygen atoms in total. The first kappa shape index (κ1) is 22.5. The van der Waals surface area contributed by atoms with Crippen molar-refractivity contribution >= 4 is 22.5 Å². The molecule has 1 amide bonds. The summed E-state index contributed by atoms with van der Waals surface area (Å²) in [5.74, 6) is 1.75. The van der Waals surface area contributed by atoms with Crippen LogP contribution in [0, 0.1) is 23.7 Å². The predicted molar refractivity (Wildman–Crippen MR) is 118 cm³/mol. The highest BCUT2D eigenvalue weighted by Gasteiger charge is 2.43. The van der Waals surface area contributed by atoms with Crippen LogP contribution in [0.5, 0.6) is 5.75 Å². The van der Waals surface area contributed by atoms with E-state index in [2.05, 4.69) is 10.3 Å². The monoisotopic (exact) mass is 465 g/mol. The van der Waals surface area contributed by atoms with Crippen LogP contribution in [0.4, 0.5) is 18.9 Å². The Balaban J connectivity index is 1.10. The van der Waals surface area contributed by atoms with Crippen molar-refractivity contribution in [3.63, 3.8) is 0 Å². The van der Waals surface area contributed by atoms with Gasteiger partial charge in [-0.1, -0.05) is 0 Å². The maximum absolute atomic E-state index is 12.6. The molecule has 2 saturated carbocycles. The van der Waals surface area contributed by atoms with Crippen LogP contribution in [0.1, 0.15) is 32.1 Å². The molecule has 0 radical (unpaired) electrons. The Morgan fingerprint density at radius 3 is 2.58 bits per heavy atom. The molecule has 3 N–H and O–H groups in total. The zero-order chi connectivity index (χ0) is 23.2. The lowest BCUT2D eigenvalue weighted by molar-refractivity contribution is -0.144. The number of hydrogen-bond acceptors (Lipinski definition) is 4. The zero-order valence-corrected chi connectivity index (χ0v) is 18.4. The Morgan fingerprint density at radius 1 is 1.18 bits per heavy atom. The number of H-pyrrole nitrogens is 1. The number of carbonyl (C=O) groups is 1. The average molecular weight is 466 g/mol. The number of carbonyl (C=O) groups excluding carboxylic acids is 1. The van der Waals surface area contributed by atoms with E-state index in [-0.39, 0.29) is 17.9 Å². The number of aromatic nitrogens is 1. The van der Waals surface area contributed by atoms with Crippen LogP contribution >= 0.6 is 0 Å². The summed E-state index contributed by atoms with van der Waals surface area (Å²) in [5, 5.41) is 13.2. The second-order valence-electron chi connectivity index (χ2n) is 10.0. The summed E-state index contributed by atoms with van der Waals surface area (Å²) >= 11 is 0. The lowest BCUT2D eigenvalue weighted by Crippen LogP contribution is -2.37. The quantitative estimate of drug-likeness (QED) is 0.574. The third-order valence-electron chi connectivity index (χ3n) is 7.52. The number of rotatable bonds is 7. The van der Waals surface area contributed by atoms with Gasteiger partial charge in [0.15, 0.2) is 0 Å². The number of hydrogen-bond donors (Lipinski definition) is 3. The molecular weight excluding hydrogens is 435 g/mol. The van der Waals surface area contributed by atoms with E-state index in [4.69, 9.17) is 4.74 Å². The Bertz CT molecular complexity index is 988. The number of aliphatic hydroxyl groups is 1. The molecule has 33 heavy (non-hydrogen) atoms. The van der Waals surface area contributed by atoms with Gasteiger partial charge in [-0.15, -0.1) is 0 Å². The molecule has 0 bridgehead atoms. The van der Waals surface area contributed by atoms with Gasteiger partial charge in [0.2, 0.25) is 5.91 Å². The number of nitrogens with zero attached hydrogens (tertiary/aromatic N) is 1. The predicted octanol–water partition coefficient (Wildman–Crippen LogP) is 4.17. The van der Waals surface area contributed by atoms with Crippen LogP contribution in [0.2, 0.25) is 0 Å². The molecule has 3 atom stereocenters. The number of aromatic amines is 1. The summed E-state index contributed by atoms with van der Waals surface area (Å²) in [7, 11) is 0. The van der Waals surface area contributed by atoms with Gasteiger partial charge in [0, 0.05) is 36.1 Å². The minimum absolute atomic E-state index is 0.0758. The number of amides is 1. The van der Waals surface area contributed by atoms with E-state index >= 15 is 0 Å². The number of halogens is 3.